The summed E-state index contributed by atoms with van der Waals surface area (Å²) in [5, 5.41) is 10.7. The Labute approximate surface area is 201 Å². The summed E-state index contributed by atoms with van der Waals surface area (Å²) in [6.07, 6.45) is 1.67. The number of aromatic nitrogens is 2. The van der Waals surface area contributed by atoms with Crippen molar-refractivity contribution in [1.82, 2.24) is 9.97 Å². The molecule has 1 fully saturated rings. The van der Waals surface area contributed by atoms with E-state index in [0.717, 1.165) is 6.20 Å². The number of halogens is 1. The average Bonchev–Trinajstić information content (AvgIpc) is 3.25. The van der Waals surface area contributed by atoms with Gasteiger partial charge >= 0.3 is 6.09 Å². The van der Waals surface area contributed by atoms with Crippen LogP contribution in [0.25, 0.3) is 11.0 Å². The molecule has 5 rings (SSSR count). The first-order valence-corrected chi connectivity index (χ1v) is 11.6. The van der Waals surface area contributed by atoms with Gasteiger partial charge in [0.2, 0.25) is 5.88 Å². The fraction of sp³-hybridized carbons (Fsp3) is 0.400. The molecule has 2 aliphatic heterocycles. The molecule has 2 unspecified atom stereocenters. The highest BCUT2D eigenvalue weighted by molar-refractivity contribution is 5.90. The van der Waals surface area contributed by atoms with Gasteiger partial charge in [0.25, 0.3) is 0 Å². The number of benzene rings is 1. The molecule has 0 radical (unpaired) electrons. The molecule has 4 heterocycles. The van der Waals surface area contributed by atoms with Gasteiger partial charge in [-0.1, -0.05) is 6.42 Å². The van der Waals surface area contributed by atoms with Crippen LogP contribution in [0.4, 0.5) is 14.9 Å². The average molecular weight is 483 g/mol. The van der Waals surface area contributed by atoms with Gasteiger partial charge < -0.3 is 24.1 Å². The number of amides is 1. The molecule has 184 valence electrons. The van der Waals surface area contributed by atoms with Gasteiger partial charge in [-0.15, -0.1) is 0 Å². The maximum absolute atomic E-state index is 14.5. The highest BCUT2D eigenvalue weighted by Crippen LogP contribution is 2.36. The van der Waals surface area contributed by atoms with Gasteiger partial charge in [-0.2, -0.15) is 0 Å². The van der Waals surface area contributed by atoms with Crippen LogP contribution in [-0.2, 0) is 4.74 Å². The second-order valence-corrected chi connectivity index (χ2v) is 8.49. The van der Waals surface area contributed by atoms with Crippen molar-refractivity contribution in [3.8, 4) is 17.4 Å². The molecule has 9 nitrogen and oxygen atoms in total. The van der Waals surface area contributed by atoms with Crippen LogP contribution < -0.4 is 19.1 Å². The van der Waals surface area contributed by atoms with E-state index < -0.39 is 18.0 Å². The van der Waals surface area contributed by atoms with E-state index in [2.05, 4.69) is 9.97 Å². The zero-order chi connectivity index (χ0) is 24.4. The number of anilines is 1. The topological polar surface area (TPSA) is 103 Å². The summed E-state index contributed by atoms with van der Waals surface area (Å²) in [5.74, 6) is 0.992. The molecule has 2 atom stereocenters. The van der Waals surface area contributed by atoms with E-state index in [0.29, 0.717) is 74.0 Å². The number of carbonyl (C=O) groups is 1. The number of aliphatic hydroxyl groups is 1. The van der Waals surface area contributed by atoms with E-state index in [-0.39, 0.29) is 17.2 Å². The third-order valence-corrected chi connectivity index (χ3v) is 6.19. The lowest BCUT2D eigenvalue weighted by molar-refractivity contribution is 0.130. The molecule has 1 amide bonds. The first-order valence-electron chi connectivity index (χ1n) is 11.6. The molecule has 1 saturated heterocycles. The number of pyridine rings is 2. The van der Waals surface area contributed by atoms with E-state index in [1.54, 1.807) is 29.2 Å². The number of methoxy groups -OCH3 is 1. The van der Waals surface area contributed by atoms with Gasteiger partial charge in [-0.05, 0) is 37.5 Å². The van der Waals surface area contributed by atoms with Crippen molar-refractivity contribution in [2.75, 3.05) is 31.8 Å². The number of hydrogen-bond donors (Lipinski definition) is 1. The molecule has 0 aliphatic carbocycles. The van der Waals surface area contributed by atoms with Crippen LogP contribution >= 0.6 is 0 Å². The molecule has 10 heteroatoms. The van der Waals surface area contributed by atoms with Gasteiger partial charge in [-0.25, -0.2) is 14.2 Å². The summed E-state index contributed by atoms with van der Waals surface area (Å²) in [4.78, 5) is 22.3. The molecule has 0 spiro atoms. The Bertz CT molecular complexity index is 1240. The van der Waals surface area contributed by atoms with Gasteiger partial charge in [-0.3, -0.25) is 9.88 Å². The molecule has 1 aromatic carbocycles. The van der Waals surface area contributed by atoms with E-state index in [1.165, 1.54) is 7.11 Å². The van der Waals surface area contributed by atoms with Crippen LogP contribution in [-0.4, -0.2) is 54.1 Å². The second kappa shape index (κ2) is 9.91. The smallest absolute Gasteiger partial charge is 0.414 e. The first kappa shape index (κ1) is 23.1. The lowest BCUT2D eigenvalue weighted by Gasteiger charge is -2.21. The number of hydrogen-bond acceptors (Lipinski definition) is 8. The molecule has 2 aromatic heterocycles. The number of unbranched alkanes of at least 4 members (excludes halogenated alkanes) is 1. The molecular formula is C25H26FN3O6. The minimum Gasteiger partial charge on any atom is -0.486 e. The lowest BCUT2D eigenvalue weighted by Crippen LogP contribution is -2.25. The lowest BCUT2D eigenvalue weighted by atomic mass is 10.0. The van der Waals surface area contributed by atoms with Gasteiger partial charge in [0.15, 0.2) is 11.5 Å². The van der Waals surface area contributed by atoms with Crippen molar-refractivity contribution in [3.63, 3.8) is 0 Å². The van der Waals surface area contributed by atoms with E-state index in [4.69, 9.17) is 18.9 Å². The number of rotatable bonds is 8. The highest BCUT2D eigenvalue weighted by Gasteiger charge is 2.32. The van der Waals surface area contributed by atoms with Crippen LogP contribution in [0.3, 0.4) is 0 Å². The third kappa shape index (κ3) is 4.79. The summed E-state index contributed by atoms with van der Waals surface area (Å²) < 4.78 is 36.3. The number of carbonyl (C=O) groups excluding carboxylic acids is 1. The standard InChI is InChI=1S/C25H26FN3O6/c1-32-22-9-7-18-24(28-22)23(17(26)13-27-18)19(30)5-3-2-4-16-14-29(25(31)35-16)15-6-8-20-21(12-15)34-11-10-33-20/h6-9,12-13,16,19,30H,2-5,10-11,14H2,1H3. The SMILES string of the molecule is COc1ccc2ncc(F)c(C(O)CCCCC3CN(c4ccc5c(c4)OCCO5)C(=O)O3)c2n1. The fourth-order valence-electron chi connectivity index (χ4n) is 4.41. The number of cyclic esters (lactones) is 1. The zero-order valence-corrected chi connectivity index (χ0v) is 19.3. The van der Waals surface area contributed by atoms with Crippen molar-refractivity contribution in [1.29, 1.82) is 0 Å². The number of ether oxygens (including phenoxy) is 4. The van der Waals surface area contributed by atoms with Crippen molar-refractivity contribution in [3.05, 3.63) is 47.9 Å². The van der Waals surface area contributed by atoms with Gasteiger partial charge in [0.05, 0.1) is 37.2 Å². The Hall–Kier alpha value is -3.66. The van der Waals surface area contributed by atoms with Crippen molar-refractivity contribution >= 4 is 22.8 Å². The normalized spacial score (nSPS) is 18.0. The van der Waals surface area contributed by atoms with Crippen molar-refractivity contribution in [2.24, 2.45) is 0 Å². The Morgan fingerprint density at radius 1 is 1.20 bits per heavy atom. The molecular weight excluding hydrogens is 457 g/mol. The van der Waals surface area contributed by atoms with E-state index in [9.17, 15) is 14.3 Å². The number of nitrogens with zero attached hydrogens (tertiary/aromatic N) is 3. The summed E-state index contributed by atoms with van der Waals surface area (Å²) in [5.41, 5.74) is 1.58. The minimum atomic E-state index is -1.04. The largest absolute Gasteiger partial charge is 0.486 e. The molecule has 0 saturated carbocycles. The Morgan fingerprint density at radius 2 is 2.03 bits per heavy atom. The van der Waals surface area contributed by atoms with E-state index in [1.807, 2.05) is 6.07 Å². The summed E-state index contributed by atoms with van der Waals surface area (Å²) in [6.45, 7) is 1.40. The van der Waals surface area contributed by atoms with Crippen molar-refractivity contribution < 1.29 is 33.2 Å². The monoisotopic (exact) mass is 483 g/mol. The second-order valence-electron chi connectivity index (χ2n) is 8.49. The summed E-state index contributed by atoms with van der Waals surface area (Å²) >= 11 is 0. The first-order chi connectivity index (χ1) is 17.0. The van der Waals surface area contributed by atoms with Crippen LogP contribution in [0.2, 0.25) is 0 Å². The highest BCUT2D eigenvalue weighted by atomic mass is 19.1. The van der Waals surface area contributed by atoms with Crippen LogP contribution in [0, 0.1) is 5.82 Å². The van der Waals surface area contributed by atoms with E-state index >= 15 is 0 Å². The third-order valence-electron chi connectivity index (χ3n) is 6.19. The summed E-state index contributed by atoms with van der Waals surface area (Å²) in [6, 6.07) is 8.70. The van der Waals surface area contributed by atoms with Crippen molar-refractivity contribution in [2.45, 2.75) is 37.9 Å². The van der Waals surface area contributed by atoms with Crippen LogP contribution in [0.15, 0.2) is 36.5 Å². The predicted molar refractivity (Wildman–Crippen MR) is 125 cm³/mol. The van der Waals surface area contributed by atoms with Gasteiger partial charge in [0, 0.05) is 17.7 Å². The number of aliphatic hydroxyl groups excluding tert-OH is 1. The predicted octanol–water partition coefficient (Wildman–Crippen LogP) is 4.17. The molecule has 2 aliphatic rings. The Morgan fingerprint density at radius 3 is 2.86 bits per heavy atom. The summed E-state index contributed by atoms with van der Waals surface area (Å²) in [7, 11) is 1.47. The Balaban J connectivity index is 1.16. The fourth-order valence-corrected chi connectivity index (χ4v) is 4.41. The maximum atomic E-state index is 14.5. The van der Waals surface area contributed by atoms with Crippen LogP contribution in [0.5, 0.6) is 17.4 Å². The molecule has 0 bridgehead atoms. The van der Waals surface area contributed by atoms with Crippen LogP contribution in [0.1, 0.15) is 37.4 Å². The quantitative estimate of drug-likeness (QED) is 0.476. The zero-order valence-electron chi connectivity index (χ0n) is 19.3. The minimum absolute atomic E-state index is 0.117. The number of fused-ring (bicyclic) bond motifs is 2. The Kier molecular flexibility index (Phi) is 6.54. The molecule has 1 N–H and O–H groups in total. The molecule has 3 aromatic rings. The van der Waals surface area contributed by atoms with Gasteiger partial charge in [0.1, 0.15) is 30.7 Å². The maximum Gasteiger partial charge on any atom is 0.414 e. The molecule has 35 heavy (non-hydrogen) atoms.